The number of carboxylic acids is 3. The fourth-order valence-electron chi connectivity index (χ4n) is 0.801. The van der Waals surface area contributed by atoms with Gasteiger partial charge in [-0.1, -0.05) is 18.2 Å². The molecule has 102 valence electrons. The number of rotatable bonds is 7. The molecule has 0 aromatic heterocycles. The summed E-state index contributed by atoms with van der Waals surface area (Å²) >= 11 is 0. The van der Waals surface area contributed by atoms with Gasteiger partial charge in [-0.3, -0.25) is 9.59 Å². The summed E-state index contributed by atoms with van der Waals surface area (Å²) in [4.78, 5) is 29.5. The zero-order chi connectivity index (χ0) is 14.4. The van der Waals surface area contributed by atoms with E-state index < -0.39 is 17.9 Å². The van der Waals surface area contributed by atoms with E-state index in [1.54, 1.807) is 12.2 Å². The van der Waals surface area contributed by atoms with E-state index in [1.165, 1.54) is 6.08 Å². The summed E-state index contributed by atoms with van der Waals surface area (Å²) in [6.07, 6.45) is 7.00. The molecule has 6 heteroatoms. The third kappa shape index (κ3) is 23.6. The standard InChI is InChI=1S/C6H10O4.C6H8O2/c7-5(8)3-1-2-4-6(9)10;1-2-3-4-5-6(7)8/h1-4H2,(H,7,8)(H,9,10);2-5H,1H3,(H,7,8). The van der Waals surface area contributed by atoms with Crippen LogP contribution >= 0.6 is 0 Å². The first-order chi connectivity index (χ1) is 8.40. The van der Waals surface area contributed by atoms with Crippen molar-refractivity contribution in [3.8, 4) is 0 Å². The average molecular weight is 258 g/mol. The maximum absolute atomic E-state index is 9.90. The third-order valence-corrected chi connectivity index (χ3v) is 1.57. The molecule has 3 N–H and O–H groups in total. The lowest BCUT2D eigenvalue weighted by molar-refractivity contribution is -0.139. The van der Waals surface area contributed by atoms with Gasteiger partial charge >= 0.3 is 17.9 Å². The Kier molecular flexibility index (Phi) is 13.1. The van der Waals surface area contributed by atoms with Crippen LogP contribution in [-0.4, -0.2) is 33.2 Å². The lowest BCUT2D eigenvalue weighted by Gasteiger charge is -1.92. The van der Waals surface area contributed by atoms with Crippen LogP contribution < -0.4 is 0 Å². The largest absolute Gasteiger partial charge is 0.481 e. The van der Waals surface area contributed by atoms with E-state index in [0.29, 0.717) is 12.8 Å². The molecule has 6 nitrogen and oxygen atoms in total. The summed E-state index contributed by atoms with van der Waals surface area (Å²) < 4.78 is 0. The maximum atomic E-state index is 9.90. The predicted octanol–water partition coefficient (Wildman–Crippen LogP) is 1.92. The monoisotopic (exact) mass is 258 g/mol. The first-order valence-electron chi connectivity index (χ1n) is 5.36. The number of allylic oxidation sites excluding steroid dienone is 3. The zero-order valence-electron chi connectivity index (χ0n) is 10.2. The number of aliphatic carboxylic acids is 3. The second-order valence-electron chi connectivity index (χ2n) is 3.22. The van der Waals surface area contributed by atoms with Crippen molar-refractivity contribution in [1.29, 1.82) is 0 Å². The van der Waals surface area contributed by atoms with Crippen molar-refractivity contribution in [2.75, 3.05) is 0 Å². The van der Waals surface area contributed by atoms with Crippen LogP contribution in [0.3, 0.4) is 0 Å². The Hall–Kier alpha value is -2.11. The smallest absolute Gasteiger partial charge is 0.328 e. The van der Waals surface area contributed by atoms with Gasteiger partial charge < -0.3 is 15.3 Å². The van der Waals surface area contributed by atoms with Crippen LogP contribution in [0.5, 0.6) is 0 Å². The lowest BCUT2D eigenvalue weighted by atomic mass is 10.2. The highest BCUT2D eigenvalue weighted by Gasteiger charge is 1.99. The Morgan fingerprint density at radius 1 is 0.889 bits per heavy atom. The quantitative estimate of drug-likeness (QED) is 0.365. The molecule has 0 saturated carbocycles. The summed E-state index contributed by atoms with van der Waals surface area (Å²) in [7, 11) is 0. The van der Waals surface area contributed by atoms with E-state index in [2.05, 4.69) is 0 Å². The van der Waals surface area contributed by atoms with Gasteiger partial charge in [-0.05, 0) is 19.8 Å². The van der Waals surface area contributed by atoms with Gasteiger partial charge in [0.2, 0.25) is 0 Å². The summed E-state index contributed by atoms with van der Waals surface area (Å²) in [6.45, 7) is 1.83. The molecule has 0 aromatic carbocycles. The maximum Gasteiger partial charge on any atom is 0.328 e. The minimum Gasteiger partial charge on any atom is -0.481 e. The molecule has 0 heterocycles. The van der Waals surface area contributed by atoms with Gasteiger partial charge in [0.1, 0.15) is 0 Å². The fourth-order valence-corrected chi connectivity index (χ4v) is 0.801. The van der Waals surface area contributed by atoms with Gasteiger partial charge in [-0.2, -0.15) is 0 Å². The molecule has 0 aliphatic rings. The van der Waals surface area contributed by atoms with Crippen molar-refractivity contribution in [2.24, 2.45) is 0 Å². The molecular weight excluding hydrogens is 240 g/mol. The molecular formula is C12H18O6. The predicted molar refractivity (Wildman–Crippen MR) is 65.3 cm³/mol. The minimum absolute atomic E-state index is 0.0628. The zero-order valence-corrected chi connectivity index (χ0v) is 10.2. The van der Waals surface area contributed by atoms with Crippen molar-refractivity contribution >= 4 is 17.9 Å². The van der Waals surface area contributed by atoms with E-state index in [9.17, 15) is 14.4 Å². The molecule has 0 aliphatic heterocycles. The molecule has 0 bridgehead atoms. The first-order valence-corrected chi connectivity index (χ1v) is 5.36. The number of unbranched alkanes of at least 4 members (excludes halogenated alkanes) is 1. The summed E-state index contributed by atoms with van der Waals surface area (Å²) in [5.74, 6) is -2.65. The minimum atomic E-state index is -0.914. The second-order valence-corrected chi connectivity index (χ2v) is 3.22. The molecule has 0 aromatic rings. The van der Waals surface area contributed by atoms with Crippen LogP contribution in [0, 0.1) is 0 Å². The molecule has 0 radical (unpaired) electrons. The highest BCUT2D eigenvalue weighted by molar-refractivity contribution is 5.80. The number of hydrogen-bond acceptors (Lipinski definition) is 3. The Balaban J connectivity index is 0. The first kappa shape index (κ1) is 18.3. The van der Waals surface area contributed by atoms with Crippen LogP contribution in [0.25, 0.3) is 0 Å². The van der Waals surface area contributed by atoms with Crippen LogP contribution in [0.15, 0.2) is 24.3 Å². The summed E-state index contributed by atoms with van der Waals surface area (Å²) in [5, 5.41) is 24.3. The van der Waals surface area contributed by atoms with E-state index in [-0.39, 0.29) is 12.8 Å². The van der Waals surface area contributed by atoms with E-state index in [0.717, 1.165) is 6.08 Å². The fraction of sp³-hybridized carbons (Fsp3) is 0.417. The normalized spacial score (nSPS) is 10.1. The van der Waals surface area contributed by atoms with Gasteiger partial charge in [-0.25, -0.2) is 4.79 Å². The third-order valence-electron chi connectivity index (χ3n) is 1.57. The molecule has 0 aliphatic carbocycles. The van der Waals surface area contributed by atoms with E-state index in [1.807, 2.05) is 6.92 Å². The molecule has 0 fully saturated rings. The molecule has 0 amide bonds. The van der Waals surface area contributed by atoms with Crippen molar-refractivity contribution in [3.05, 3.63) is 24.3 Å². The molecule has 0 unspecified atom stereocenters. The Bertz CT molecular complexity index is 301. The van der Waals surface area contributed by atoms with E-state index in [4.69, 9.17) is 15.3 Å². The van der Waals surface area contributed by atoms with Crippen LogP contribution in [0.2, 0.25) is 0 Å². The van der Waals surface area contributed by atoms with Crippen molar-refractivity contribution in [1.82, 2.24) is 0 Å². The summed E-state index contributed by atoms with van der Waals surface area (Å²) in [5.41, 5.74) is 0. The van der Waals surface area contributed by atoms with Gasteiger partial charge in [-0.15, -0.1) is 0 Å². The SMILES string of the molecule is CC=CC=CC(=O)O.O=C(O)CCCCC(=O)O. The number of carboxylic acid groups (broad SMARTS) is 3. The molecule has 18 heavy (non-hydrogen) atoms. The Labute approximate surface area is 105 Å². The van der Waals surface area contributed by atoms with E-state index >= 15 is 0 Å². The topological polar surface area (TPSA) is 112 Å². The van der Waals surface area contributed by atoms with Crippen molar-refractivity contribution in [2.45, 2.75) is 32.6 Å². The number of carbonyl (C=O) groups is 3. The van der Waals surface area contributed by atoms with Gasteiger partial charge in [0.25, 0.3) is 0 Å². The number of hydrogen-bond donors (Lipinski definition) is 3. The van der Waals surface area contributed by atoms with Crippen LogP contribution in [-0.2, 0) is 14.4 Å². The Morgan fingerprint density at radius 3 is 1.61 bits per heavy atom. The highest BCUT2D eigenvalue weighted by Crippen LogP contribution is 1.98. The van der Waals surface area contributed by atoms with Gasteiger partial charge in [0.15, 0.2) is 0 Å². The van der Waals surface area contributed by atoms with Gasteiger partial charge in [0.05, 0.1) is 0 Å². The van der Waals surface area contributed by atoms with Gasteiger partial charge in [0, 0.05) is 18.9 Å². The summed E-state index contributed by atoms with van der Waals surface area (Å²) in [6, 6.07) is 0. The highest BCUT2D eigenvalue weighted by atomic mass is 16.4. The second kappa shape index (κ2) is 13.0. The van der Waals surface area contributed by atoms with Crippen LogP contribution in [0.1, 0.15) is 32.6 Å². The molecule has 0 spiro atoms. The van der Waals surface area contributed by atoms with Crippen molar-refractivity contribution in [3.63, 3.8) is 0 Å². The average Bonchev–Trinajstić information content (AvgIpc) is 2.25. The molecule has 0 atom stereocenters. The van der Waals surface area contributed by atoms with Crippen molar-refractivity contribution < 1.29 is 29.7 Å². The lowest BCUT2D eigenvalue weighted by Crippen LogP contribution is -1.97. The molecule has 0 rings (SSSR count). The van der Waals surface area contributed by atoms with Crippen LogP contribution in [0.4, 0.5) is 0 Å². The Morgan fingerprint density at radius 2 is 1.33 bits per heavy atom. The molecule has 0 saturated heterocycles.